The molecule has 0 aliphatic carbocycles. The number of sulfone groups is 1. The molecule has 1 aliphatic heterocycles. The average molecular weight is 313 g/mol. The molecule has 2 unspecified atom stereocenters. The predicted molar refractivity (Wildman–Crippen MR) is 81.8 cm³/mol. The fourth-order valence-corrected chi connectivity index (χ4v) is 4.24. The van der Waals surface area contributed by atoms with Crippen molar-refractivity contribution in [2.45, 2.75) is 30.8 Å². The van der Waals surface area contributed by atoms with Crippen LogP contribution in [0.3, 0.4) is 0 Å². The molecule has 1 heterocycles. The van der Waals surface area contributed by atoms with E-state index in [2.05, 4.69) is 5.32 Å². The summed E-state index contributed by atoms with van der Waals surface area (Å²) < 4.78 is 28.7. The van der Waals surface area contributed by atoms with Crippen LogP contribution in [-0.2, 0) is 21.2 Å². The molecular formula is C15H23NO4S. The largest absolute Gasteiger partial charge is 0.389 e. The van der Waals surface area contributed by atoms with Crippen molar-refractivity contribution >= 4 is 9.84 Å². The van der Waals surface area contributed by atoms with Gasteiger partial charge in [-0.25, -0.2) is 8.42 Å². The summed E-state index contributed by atoms with van der Waals surface area (Å²) >= 11 is 0. The van der Waals surface area contributed by atoms with Crippen LogP contribution in [0, 0.1) is 0 Å². The van der Waals surface area contributed by atoms with E-state index in [-0.39, 0.29) is 11.9 Å². The summed E-state index contributed by atoms with van der Waals surface area (Å²) in [5.41, 5.74) is 1.06. The molecule has 0 saturated carbocycles. The van der Waals surface area contributed by atoms with Gasteiger partial charge in [-0.05, 0) is 18.4 Å². The van der Waals surface area contributed by atoms with Crippen LogP contribution in [-0.4, -0.2) is 50.3 Å². The normalized spacial score (nSPS) is 22.2. The van der Waals surface area contributed by atoms with E-state index in [0.717, 1.165) is 18.4 Å². The van der Waals surface area contributed by atoms with Gasteiger partial charge >= 0.3 is 0 Å². The SMILES string of the molecule is O=S1(=O)CCCC1CNCC(O)COCc1ccccc1. The molecule has 1 aromatic carbocycles. The van der Waals surface area contributed by atoms with Crippen molar-refractivity contribution in [2.24, 2.45) is 0 Å². The number of benzene rings is 1. The topological polar surface area (TPSA) is 75.6 Å². The summed E-state index contributed by atoms with van der Waals surface area (Å²) in [6.07, 6.45) is 0.839. The zero-order valence-corrected chi connectivity index (χ0v) is 12.9. The van der Waals surface area contributed by atoms with Gasteiger partial charge in [0.25, 0.3) is 0 Å². The standard InChI is InChI=1S/C15H23NO4S/c17-14(12-20-11-13-5-2-1-3-6-13)9-16-10-15-7-4-8-21(15,18)19/h1-3,5-6,14-17H,4,7-12H2. The molecule has 0 aromatic heterocycles. The smallest absolute Gasteiger partial charge is 0.154 e. The first-order valence-electron chi connectivity index (χ1n) is 7.30. The van der Waals surface area contributed by atoms with Crippen LogP contribution >= 0.6 is 0 Å². The fourth-order valence-electron chi connectivity index (χ4n) is 2.44. The molecule has 0 amide bonds. The van der Waals surface area contributed by atoms with Gasteiger partial charge in [0, 0.05) is 13.1 Å². The minimum Gasteiger partial charge on any atom is -0.389 e. The zero-order chi connectivity index (χ0) is 15.1. The summed E-state index contributed by atoms with van der Waals surface area (Å²) in [4.78, 5) is 0. The van der Waals surface area contributed by atoms with Gasteiger partial charge in [0.1, 0.15) is 0 Å². The van der Waals surface area contributed by atoms with Crippen LogP contribution in [0.4, 0.5) is 0 Å². The molecule has 2 atom stereocenters. The molecule has 2 N–H and O–H groups in total. The Labute approximate surface area is 126 Å². The van der Waals surface area contributed by atoms with E-state index >= 15 is 0 Å². The first-order chi connectivity index (χ1) is 10.1. The Kier molecular flexibility index (Phi) is 6.17. The van der Waals surface area contributed by atoms with Gasteiger partial charge in [0.15, 0.2) is 9.84 Å². The zero-order valence-electron chi connectivity index (χ0n) is 12.1. The number of nitrogens with one attached hydrogen (secondary N) is 1. The Morgan fingerprint density at radius 3 is 2.76 bits per heavy atom. The first-order valence-corrected chi connectivity index (χ1v) is 9.01. The van der Waals surface area contributed by atoms with Crippen molar-refractivity contribution in [3.8, 4) is 0 Å². The lowest BCUT2D eigenvalue weighted by Crippen LogP contribution is -2.36. The maximum Gasteiger partial charge on any atom is 0.154 e. The maximum atomic E-state index is 11.6. The van der Waals surface area contributed by atoms with Gasteiger partial charge < -0.3 is 15.2 Å². The second-order valence-electron chi connectivity index (χ2n) is 5.44. The highest BCUT2D eigenvalue weighted by atomic mass is 32.2. The van der Waals surface area contributed by atoms with E-state index in [9.17, 15) is 13.5 Å². The second-order valence-corrected chi connectivity index (χ2v) is 7.84. The van der Waals surface area contributed by atoms with E-state index in [4.69, 9.17) is 4.74 Å². The highest BCUT2D eigenvalue weighted by Crippen LogP contribution is 2.18. The molecule has 1 fully saturated rings. The summed E-state index contributed by atoms with van der Waals surface area (Å²) in [6.45, 7) is 1.47. The Balaban J connectivity index is 1.58. The molecule has 2 rings (SSSR count). The van der Waals surface area contributed by atoms with E-state index in [1.54, 1.807) is 0 Å². The third kappa shape index (κ3) is 5.39. The van der Waals surface area contributed by atoms with Gasteiger partial charge in [-0.15, -0.1) is 0 Å². The van der Waals surface area contributed by atoms with Gasteiger partial charge in [-0.1, -0.05) is 30.3 Å². The number of ether oxygens (including phenoxy) is 1. The molecular weight excluding hydrogens is 290 g/mol. The van der Waals surface area contributed by atoms with E-state index in [0.29, 0.717) is 25.4 Å². The molecule has 1 saturated heterocycles. The van der Waals surface area contributed by atoms with Crippen LogP contribution in [0.2, 0.25) is 0 Å². The molecule has 0 spiro atoms. The highest BCUT2D eigenvalue weighted by Gasteiger charge is 2.30. The average Bonchev–Trinajstić information content (AvgIpc) is 2.79. The maximum absolute atomic E-state index is 11.6. The van der Waals surface area contributed by atoms with E-state index < -0.39 is 15.9 Å². The third-order valence-electron chi connectivity index (χ3n) is 3.64. The molecule has 21 heavy (non-hydrogen) atoms. The van der Waals surface area contributed by atoms with Crippen molar-refractivity contribution in [2.75, 3.05) is 25.4 Å². The number of hydrogen-bond acceptors (Lipinski definition) is 5. The predicted octanol–water partition coefficient (Wildman–Crippen LogP) is 0.731. The number of aliphatic hydroxyl groups excluding tert-OH is 1. The molecule has 0 radical (unpaired) electrons. The Bertz CT molecular complexity index is 518. The first kappa shape index (κ1) is 16.4. The quantitative estimate of drug-likeness (QED) is 0.740. The molecule has 118 valence electrons. The lowest BCUT2D eigenvalue weighted by Gasteiger charge is -2.14. The Morgan fingerprint density at radius 2 is 2.10 bits per heavy atom. The Morgan fingerprint density at radius 1 is 1.33 bits per heavy atom. The van der Waals surface area contributed by atoms with Crippen molar-refractivity contribution in [1.29, 1.82) is 0 Å². The summed E-state index contributed by atoms with van der Waals surface area (Å²) in [5, 5.41) is 12.5. The lowest BCUT2D eigenvalue weighted by atomic mass is 10.2. The van der Waals surface area contributed by atoms with Crippen molar-refractivity contribution in [1.82, 2.24) is 5.32 Å². The second kappa shape index (κ2) is 7.89. The summed E-state index contributed by atoms with van der Waals surface area (Å²) in [6, 6.07) is 9.77. The summed E-state index contributed by atoms with van der Waals surface area (Å²) in [7, 11) is -2.91. The lowest BCUT2D eigenvalue weighted by molar-refractivity contribution is 0.0290. The highest BCUT2D eigenvalue weighted by molar-refractivity contribution is 7.92. The minimum absolute atomic E-state index is 0.235. The van der Waals surface area contributed by atoms with Crippen molar-refractivity contribution in [3.63, 3.8) is 0 Å². The van der Waals surface area contributed by atoms with Crippen LogP contribution in [0.25, 0.3) is 0 Å². The molecule has 1 aromatic rings. The number of aliphatic hydroxyl groups is 1. The number of hydrogen-bond donors (Lipinski definition) is 2. The van der Waals surface area contributed by atoms with Crippen LogP contribution in [0.15, 0.2) is 30.3 Å². The van der Waals surface area contributed by atoms with Gasteiger partial charge in [-0.3, -0.25) is 0 Å². The summed E-state index contributed by atoms with van der Waals surface area (Å²) in [5.74, 6) is 0.294. The fraction of sp³-hybridized carbons (Fsp3) is 0.600. The minimum atomic E-state index is -2.91. The third-order valence-corrected chi connectivity index (χ3v) is 5.91. The van der Waals surface area contributed by atoms with Gasteiger partial charge in [0.2, 0.25) is 0 Å². The van der Waals surface area contributed by atoms with E-state index in [1.165, 1.54) is 0 Å². The molecule has 6 heteroatoms. The van der Waals surface area contributed by atoms with Gasteiger partial charge in [-0.2, -0.15) is 0 Å². The van der Waals surface area contributed by atoms with Crippen molar-refractivity contribution < 1.29 is 18.3 Å². The van der Waals surface area contributed by atoms with Crippen LogP contribution < -0.4 is 5.32 Å². The molecule has 1 aliphatic rings. The van der Waals surface area contributed by atoms with E-state index in [1.807, 2.05) is 30.3 Å². The van der Waals surface area contributed by atoms with Crippen LogP contribution in [0.5, 0.6) is 0 Å². The molecule has 0 bridgehead atoms. The number of rotatable bonds is 8. The van der Waals surface area contributed by atoms with Crippen molar-refractivity contribution in [3.05, 3.63) is 35.9 Å². The van der Waals surface area contributed by atoms with Crippen LogP contribution in [0.1, 0.15) is 18.4 Å². The molecule has 5 nitrogen and oxygen atoms in total. The van der Waals surface area contributed by atoms with Gasteiger partial charge in [0.05, 0.1) is 30.3 Å². The monoisotopic (exact) mass is 313 g/mol. The Hall–Kier alpha value is -0.950.